The Bertz CT molecular complexity index is 943. The first-order valence-corrected chi connectivity index (χ1v) is 9.27. The van der Waals surface area contributed by atoms with E-state index in [9.17, 15) is 36.2 Å². The number of aromatic nitrogens is 1. The van der Waals surface area contributed by atoms with E-state index in [1.54, 1.807) is 11.8 Å². The topological polar surface area (TPSA) is 62.7 Å². The number of alkyl halides is 6. The lowest BCUT2D eigenvalue weighted by Crippen LogP contribution is -2.45. The molecule has 2 atom stereocenters. The molecule has 1 unspecified atom stereocenters. The van der Waals surface area contributed by atoms with Crippen molar-refractivity contribution in [1.29, 1.82) is 0 Å². The van der Waals surface area contributed by atoms with Crippen molar-refractivity contribution in [1.82, 2.24) is 4.98 Å². The van der Waals surface area contributed by atoms with Gasteiger partial charge in [-0.1, -0.05) is 0 Å². The fraction of sp³-hybridized carbons (Fsp3) is 0.400. The highest BCUT2D eigenvalue weighted by atomic mass is 19.4. The molecule has 11 heteroatoms. The normalized spacial score (nSPS) is 19.9. The minimum atomic E-state index is -4.68. The molecule has 168 valence electrons. The van der Waals surface area contributed by atoms with Crippen LogP contribution in [0.1, 0.15) is 41.3 Å². The molecule has 2 aromatic rings. The van der Waals surface area contributed by atoms with Crippen molar-refractivity contribution in [2.24, 2.45) is 0 Å². The maximum atomic E-state index is 12.9. The summed E-state index contributed by atoms with van der Waals surface area (Å²) in [5.74, 6) is -1.35. The van der Waals surface area contributed by atoms with Gasteiger partial charge in [-0.15, -0.1) is 0 Å². The average Bonchev–Trinajstić information content (AvgIpc) is 2.67. The summed E-state index contributed by atoms with van der Waals surface area (Å²) in [4.78, 5) is 17.1. The molecule has 0 radical (unpaired) electrons. The molecular formula is C20H18F6N2O3. The Morgan fingerprint density at radius 1 is 1.10 bits per heavy atom. The highest BCUT2D eigenvalue weighted by Gasteiger charge is 2.34. The monoisotopic (exact) mass is 448 g/mol. The number of ether oxygens (including phenoxy) is 1. The Balaban J connectivity index is 1.71. The molecule has 5 nitrogen and oxygen atoms in total. The minimum Gasteiger partial charge on any atom is -0.489 e. The van der Waals surface area contributed by atoms with Crippen LogP contribution in [0.3, 0.4) is 0 Å². The van der Waals surface area contributed by atoms with Gasteiger partial charge in [0.15, 0.2) is 0 Å². The van der Waals surface area contributed by atoms with Gasteiger partial charge in [0.25, 0.3) is 0 Å². The first-order chi connectivity index (χ1) is 14.4. The second kappa shape index (κ2) is 8.27. The summed E-state index contributed by atoms with van der Waals surface area (Å²) in [7, 11) is 0. The van der Waals surface area contributed by atoms with Crippen molar-refractivity contribution in [3.05, 3.63) is 53.2 Å². The molecule has 0 bridgehead atoms. The van der Waals surface area contributed by atoms with Crippen molar-refractivity contribution < 1.29 is 41.0 Å². The molecule has 0 amide bonds. The van der Waals surface area contributed by atoms with E-state index in [2.05, 4.69) is 4.98 Å². The van der Waals surface area contributed by atoms with Crippen molar-refractivity contribution >= 4 is 11.8 Å². The number of carboxylic acid groups (broad SMARTS) is 1. The lowest BCUT2D eigenvalue weighted by Gasteiger charge is -2.38. The van der Waals surface area contributed by atoms with Crippen LogP contribution in [-0.2, 0) is 12.4 Å². The van der Waals surface area contributed by atoms with Crippen molar-refractivity contribution in [2.75, 3.05) is 11.4 Å². The summed E-state index contributed by atoms with van der Waals surface area (Å²) in [6, 6.07) is 4.29. The van der Waals surface area contributed by atoms with Gasteiger partial charge < -0.3 is 14.7 Å². The summed E-state index contributed by atoms with van der Waals surface area (Å²) in [5.41, 5.74) is -2.53. The van der Waals surface area contributed by atoms with Crippen LogP contribution in [0.25, 0.3) is 0 Å². The van der Waals surface area contributed by atoms with Gasteiger partial charge >= 0.3 is 18.3 Å². The molecule has 0 aliphatic carbocycles. The number of aromatic carboxylic acids is 1. The summed E-state index contributed by atoms with van der Waals surface area (Å²) >= 11 is 0. The standard InChI is InChI=1S/C20H18F6N2O3/c1-11-8-14(6-7-28(11)17-5-3-13(10-27-17)20(24,25)26)31-16-4-2-12(19(21,22)23)9-15(16)18(29)30/h2-5,9-11,14H,6-8H2,1H3,(H,29,30)/t11?,14-/m0/s1. The molecule has 1 aliphatic rings. The molecule has 1 fully saturated rings. The Kier molecular flexibility index (Phi) is 6.06. The molecule has 1 N–H and O–H groups in total. The zero-order valence-electron chi connectivity index (χ0n) is 16.2. The second-order valence-electron chi connectivity index (χ2n) is 7.22. The van der Waals surface area contributed by atoms with Gasteiger partial charge in [-0.3, -0.25) is 0 Å². The molecule has 0 spiro atoms. The first-order valence-electron chi connectivity index (χ1n) is 9.27. The van der Waals surface area contributed by atoms with Crippen molar-refractivity contribution in [2.45, 2.75) is 44.3 Å². The van der Waals surface area contributed by atoms with Crippen LogP contribution in [0.2, 0.25) is 0 Å². The highest BCUT2D eigenvalue weighted by Crippen LogP contribution is 2.35. The van der Waals surface area contributed by atoms with Gasteiger partial charge in [-0.25, -0.2) is 9.78 Å². The van der Waals surface area contributed by atoms with Crippen LogP contribution in [0.15, 0.2) is 36.5 Å². The second-order valence-corrected chi connectivity index (χ2v) is 7.22. The van der Waals surface area contributed by atoms with E-state index in [1.807, 2.05) is 0 Å². The zero-order chi connectivity index (χ0) is 23.0. The fourth-order valence-corrected chi connectivity index (χ4v) is 3.46. The lowest BCUT2D eigenvalue weighted by atomic mass is 10.00. The van der Waals surface area contributed by atoms with Gasteiger partial charge in [0.05, 0.1) is 11.1 Å². The number of hydrogen-bond acceptors (Lipinski definition) is 4. The summed E-state index contributed by atoms with van der Waals surface area (Å²) in [6.45, 7) is 2.17. The third kappa shape index (κ3) is 5.20. The zero-order valence-corrected chi connectivity index (χ0v) is 16.2. The number of carboxylic acids is 1. The number of anilines is 1. The molecule has 1 saturated heterocycles. The number of pyridine rings is 1. The summed E-state index contributed by atoms with van der Waals surface area (Å²) in [5, 5.41) is 9.26. The maximum Gasteiger partial charge on any atom is 0.417 e. The number of nitrogens with zero attached hydrogens (tertiary/aromatic N) is 2. The van der Waals surface area contributed by atoms with Crippen LogP contribution in [0.4, 0.5) is 32.2 Å². The lowest BCUT2D eigenvalue weighted by molar-refractivity contribution is -0.138. The molecule has 1 aromatic carbocycles. The molecule has 0 saturated carbocycles. The van der Waals surface area contributed by atoms with Gasteiger partial charge in [0.1, 0.15) is 23.2 Å². The largest absolute Gasteiger partial charge is 0.489 e. The van der Waals surface area contributed by atoms with E-state index in [0.717, 1.165) is 24.4 Å². The van der Waals surface area contributed by atoms with E-state index in [-0.39, 0.29) is 11.8 Å². The predicted molar refractivity (Wildman–Crippen MR) is 98.1 cm³/mol. The minimum absolute atomic E-state index is 0.168. The van der Waals surface area contributed by atoms with E-state index in [4.69, 9.17) is 4.74 Å². The van der Waals surface area contributed by atoms with Gasteiger partial charge in [-0.2, -0.15) is 26.3 Å². The summed E-state index contributed by atoms with van der Waals surface area (Å²) in [6.07, 6.45) is -8.13. The fourth-order valence-electron chi connectivity index (χ4n) is 3.46. The van der Waals surface area contributed by atoms with Gasteiger partial charge in [0, 0.05) is 31.6 Å². The molecular weight excluding hydrogens is 430 g/mol. The Labute approximate surface area is 173 Å². The summed E-state index contributed by atoms with van der Waals surface area (Å²) < 4.78 is 82.4. The Morgan fingerprint density at radius 3 is 2.26 bits per heavy atom. The predicted octanol–water partition coefficient (Wildman–Crippen LogP) is 5.25. The van der Waals surface area contributed by atoms with Crippen LogP contribution in [0, 0.1) is 0 Å². The van der Waals surface area contributed by atoms with Gasteiger partial charge in [-0.05, 0) is 37.3 Å². The van der Waals surface area contributed by atoms with Crippen molar-refractivity contribution in [3.63, 3.8) is 0 Å². The van der Waals surface area contributed by atoms with Gasteiger partial charge in [0.2, 0.25) is 0 Å². The number of benzene rings is 1. The number of rotatable bonds is 4. The van der Waals surface area contributed by atoms with Crippen molar-refractivity contribution in [3.8, 4) is 5.75 Å². The van der Waals surface area contributed by atoms with E-state index in [0.29, 0.717) is 31.3 Å². The average molecular weight is 448 g/mol. The molecule has 3 rings (SSSR count). The molecule has 2 heterocycles. The Morgan fingerprint density at radius 2 is 1.74 bits per heavy atom. The number of halogens is 6. The van der Waals surface area contributed by atoms with Crippen LogP contribution < -0.4 is 9.64 Å². The Hall–Kier alpha value is -2.98. The maximum absolute atomic E-state index is 12.9. The third-order valence-electron chi connectivity index (χ3n) is 5.03. The molecule has 31 heavy (non-hydrogen) atoms. The van der Waals surface area contributed by atoms with Crippen LogP contribution in [0.5, 0.6) is 5.75 Å². The molecule has 1 aliphatic heterocycles. The van der Waals surface area contributed by atoms with Crippen LogP contribution >= 0.6 is 0 Å². The smallest absolute Gasteiger partial charge is 0.417 e. The highest BCUT2D eigenvalue weighted by molar-refractivity contribution is 5.91. The quantitative estimate of drug-likeness (QED) is 0.647. The third-order valence-corrected chi connectivity index (χ3v) is 5.03. The van der Waals surface area contributed by atoms with E-state index in [1.165, 1.54) is 6.07 Å². The number of piperidine rings is 1. The first kappa shape index (κ1) is 22.7. The van der Waals surface area contributed by atoms with E-state index < -0.39 is 41.1 Å². The van der Waals surface area contributed by atoms with Crippen LogP contribution in [-0.4, -0.2) is 34.8 Å². The SMILES string of the molecule is CC1C[C@@H](Oc2ccc(C(F)(F)F)cc2C(=O)O)CCN1c1ccc(C(F)(F)F)cn1. The van der Waals surface area contributed by atoms with E-state index >= 15 is 0 Å². The number of carbonyl (C=O) groups is 1. The number of hydrogen-bond donors (Lipinski definition) is 1. The molecule has 1 aromatic heterocycles.